The highest BCUT2D eigenvalue weighted by Gasteiger charge is 2.30. The van der Waals surface area contributed by atoms with E-state index in [1.54, 1.807) is 24.5 Å². The molecule has 1 atom stereocenters. The van der Waals surface area contributed by atoms with Gasteiger partial charge in [-0.2, -0.15) is 0 Å². The standard InChI is InChI=1S/C21H18FN3O/c22-18-10-8-15(9-11-18)19-7-4-12-25(19)21(26)17-13-23-20(24-14-17)16-5-2-1-3-6-16/h1-3,5-6,8-11,13-14,19H,4,7,12H2/t19-/m0/s1. The largest absolute Gasteiger partial charge is 0.332 e. The Bertz CT molecular complexity index is 895. The van der Waals surface area contributed by atoms with Crippen LogP contribution in [0.4, 0.5) is 4.39 Å². The minimum absolute atomic E-state index is 0.0306. The minimum atomic E-state index is -0.269. The molecule has 5 heteroatoms. The number of halogens is 1. The topological polar surface area (TPSA) is 46.1 Å². The van der Waals surface area contributed by atoms with Gasteiger partial charge in [-0.25, -0.2) is 14.4 Å². The van der Waals surface area contributed by atoms with Crippen LogP contribution in [0, 0.1) is 5.82 Å². The molecule has 1 aliphatic rings. The molecule has 2 heterocycles. The van der Waals surface area contributed by atoms with Gasteiger partial charge in [0.1, 0.15) is 5.82 Å². The summed E-state index contributed by atoms with van der Waals surface area (Å²) in [6, 6.07) is 16.0. The first-order valence-corrected chi connectivity index (χ1v) is 8.66. The number of likely N-dealkylation sites (tertiary alicyclic amines) is 1. The Labute approximate surface area is 151 Å². The lowest BCUT2D eigenvalue weighted by Gasteiger charge is -2.25. The molecule has 130 valence electrons. The van der Waals surface area contributed by atoms with Gasteiger partial charge < -0.3 is 4.90 Å². The summed E-state index contributed by atoms with van der Waals surface area (Å²) >= 11 is 0. The molecule has 0 spiro atoms. The first-order chi connectivity index (χ1) is 12.7. The molecule has 0 bridgehead atoms. The van der Waals surface area contributed by atoms with Crippen molar-refractivity contribution in [3.8, 4) is 11.4 Å². The van der Waals surface area contributed by atoms with Gasteiger partial charge in [0.25, 0.3) is 5.91 Å². The van der Waals surface area contributed by atoms with Crippen molar-refractivity contribution in [2.75, 3.05) is 6.54 Å². The van der Waals surface area contributed by atoms with Crippen LogP contribution in [-0.4, -0.2) is 27.3 Å². The number of hydrogen-bond donors (Lipinski definition) is 0. The van der Waals surface area contributed by atoms with Gasteiger partial charge in [0, 0.05) is 24.5 Å². The Balaban J connectivity index is 1.55. The quantitative estimate of drug-likeness (QED) is 0.711. The number of amides is 1. The molecule has 0 unspecified atom stereocenters. The Morgan fingerprint density at radius 1 is 1.00 bits per heavy atom. The Hall–Kier alpha value is -3.08. The molecule has 1 fully saturated rings. The van der Waals surface area contributed by atoms with Crippen LogP contribution in [-0.2, 0) is 0 Å². The third kappa shape index (κ3) is 3.20. The normalized spacial score (nSPS) is 16.7. The van der Waals surface area contributed by atoms with E-state index in [9.17, 15) is 9.18 Å². The van der Waals surface area contributed by atoms with Crippen molar-refractivity contribution in [3.63, 3.8) is 0 Å². The summed E-state index contributed by atoms with van der Waals surface area (Å²) in [6.07, 6.45) is 4.96. The van der Waals surface area contributed by atoms with E-state index >= 15 is 0 Å². The Morgan fingerprint density at radius 3 is 2.38 bits per heavy atom. The maximum atomic E-state index is 13.2. The molecule has 1 aliphatic heterocycles. The number of carbonyl (C=O) groups excluding carboxylic acids is 1. The number of rotatable bonds is 3. The number of aromatic nitrogens is 2. The van der Waals surface area contributed by atoms with Gasteiger partial charge in [-0.15, -0.1) is 0 Å². The number of nitrogens with zero attached hydrogens (tertiary/aromatic N) is 3. The van der Waals surface area contributed by atoms with Crippen molar-refractivity contribution in [1.82, 2.24) is 14.9 Å². The van der Waals surface area contributed by atoms with Crippen molar-refractivity contribution < 1.29 is 9.18 Å². The van der Waals surface area contributed by atoms with E-state index in [-0.39, 0.29) is 17.8 Å². The van der Waals surface area contributed by atoms with Crippen LogP contribution in [0.5, 0.6) is 0 Å². The highest BCUT2D eigenvalue weighted by atomic mass is 19.1. The molecule has 3 aromatic rings. The first kappa shape index (κ1) is 16.4. The zero-order chi connectivity index (χ0) is 17.9. The second kappa shape index (κ2) is 7.04. The van der Waals surface area contributed by atoms with Gasteiger partial charge in [-0.3, -0.25) is 4.79 Å². The maximum Gasteiger partial charge on any atom is 0.257 e. The second-order valence-corrected chi connectivity index (χ2v) is 6.37. The van der Waals surface area contributed by atoms with Crippen molar-refractivity contribution in [2.45, 2.75) is 18.9 Å². The van der Waals surface area contributed by atoms with Crippen LogP contribution in [0.1, 0.15) is 34.8 Å². The molecule has 0 radical (unpaired) electrons. The molecule has 0 aliphatic carbocycles. The van der Waals surface area contributed by atoms with Crippen molar-refractivity contribution >= 4 is 5.91 Å². The fourth-order valence-corrected chi connectivity index (χ4v) is 3.38. The smallest absolute Gasteiger partial charge is 0.257 e. The number of benzene rings is 2. The monoisotopic (exact) mass is 347 g/mol. The average Bonchev–Trinajstić information content (AvgIpc) is 3.19. The fraction of sp³-hybridized carbons (Fsp3) is 0.190. The molecule has 1 saturated heterocycles. The Kier molecular flexibility index (Phi) is 4.44. The SMILES string of the molecule is O=C(c1cnc(-c2ccccc2)nc1)N1CCC[C@H]1c1ccc(F)cc1. The van der Waals surface area contributed by atoms with E-state index in [1.807, 2.05) is 35.2 Å². The van der Waals surface area contributed by atoms with Gasteiger partial charge in [0.2, 0.25) is 0 Å². The van der Waals surface area contributed by atoms with Crippen LogP contribution in [0.15, 0.2) is 67.0 Å². The molecule has 4 rings (SSSR count). The molecular weight excluding hydrogens is 329 g/mol. The summed E-state index contributed by atoms with van der Waals surface area (Å²) in [6.45, 7) is 0.682. The van der Waals surface area contributed by atoms with E-state index in [2.05, 4.69) is 9.97 Å². The van der Waals surface area contributed by atoms with E-state index in [0.29, 0.717) is 17.9 Å². The van der Waals surface area contributed by atoms with E-state index in [1.165, 1.54) is 12.1 Å². The molecular formula is C21H18FN3O. The predicted molar refractivity (Wildman–Crippen MR) is 96.9 cm³/mol. The lowest BCUT2D eigenvalue weighted by molar-refractivity contribution is 0.0735. The van der Waals surface area contributed by atoms with Crippen LogP contribution < -0.4 is 0 Å². The highest BCUT2D eigenvalue weighted by Crippen LogP contribution is 2.33. The third-order valence-electron chi connectivity index (χ3n) is 4.70. The summed E-state index contributed by atoms with van der Waals surface area (Å²) < 4.78 is 13.2. The van der Waals surface area contributed by atoms with Gasteiger partial charge >= 0.3 is 0 Å². The molecule has 0 saturated carbocycles. The third-order valence-corrected chi connectivity index (χ3v) is 4.70. The molecule has 0 N–H and O–H groups in total. The van der Waals surface area contributed by atoms with Crippen molar-refractivity contribution in [3.05, 3.63) is 83.9 Å². The predicted octanol–water partition coefficient (Wildman–Crippen LogP) is 4.26. The van der Waals surface area contributed by atoms with Crippen LogP contribution in [0.2, 0.25) is 0 Å². The average molecular weight is 347 g/mol. The first-order valence-electron chi connectivity index (χ1n) is 8.66. The number of hydrogen-bond acceptors (Lipinski definition) is 3. The molecule has 26 heavy (non-hydrogen) atoms. The van der Waals surface area contributed by atoms with Crippen molar-refractivity contribution in [1.29, 1.82) is 0 Å². The van der Waals surface area contributed by atoms with E-state index < -0.39 is 0 Å². The lowest BCUT2D eigenvalue weighted by Crippen LogP contribution is -2.30. The lowest BCUT2D eigenvalue weighted by atomic mass is 10.0. The van der Waals surface area contributed by atoms with Gasteiger partial charge in [0.05, 0.1) is 11.6 Å². The van der Waals surface area contributed by atoms with Gasteiger partial charge in [0.15, 0.2) is 5.82 Å². The van der Waals surface area contributed by atoms with Gasteiger partial charge in [-0.05, 0) is 30.5 Å². The minimum Gasteiger partial charge on any atom is -0.332 e. The van der Waals surface area contributed by atoms with Gasteiger partial charge in [-0.1, -0.05) is 42.5 Å². The zero-order valence-corrected chi connectivity index (χ0v) is 14.2. The molecule has 4 nitrogen and oxygen atoms in total. The van der Waals surface area contributed by atoms with E-state index in [4.69, 9.17) is 0 Å². The summed E-state index contributed by atoms with van der Waals surface area (Å²) in [5.41, 5.74) is 2.34. The highest BCUT2D eigenvalue weighted by molar-refractivity contribution is 5.94. The summed E-state index contributed by atoms with van der Waals surface area (Å²) in [5, 5.41) is 0. The van der Waals surface area contributed by atoms with E-state index in [0.717, 1.165) is 24.0 Å². The van der Waals surface area contributed by atoms with Crippen LogP contribution >= 0.6 is 0 Å². The molecule has 2 aromatic carbocycles. The molecule has 1 amide bonds. The zero-order valence-electron chi connectivity index (χ0n) is 14.2. The maximum absolute atomic E-state index is 13.2. The van der Waals surface area contributed by atoms with Crippen LogP contribution in [0.25, 0.3) is 11.4 Å². The summed E-state index contributed by atoms with van der Waals surface area (Å²) in [7, 11) is 0. The summed E-state index contributed by atoms with van der Waals surface area (Å²) in [4.78, 5) is 23.4. The second-order valence-electron chi connectivity index (χ2n) is 6.37. The summed E-state index contributed by atoms with van der Waals surface area (Å²) in [5.74, 6) is 0.240. The van der Waals surface area contributed by atoms with Crippen molar-refractivity contribution in [2.24, 2.45) is 0 Å². The number of carbonyl (C=O) groups is 1. The fourth-order valence-electron chi connectivity index (χ4n) is 3.38. The molecule has 1 aromatic heterocycles. The van der Waals surface area contributed by atoms with Crippen LogP contribution in [0.3, 0.4) is 0 Å². The Morgan fingerprint density at radius 2 is 1.69 bits per heavy atom.